The molecule has 0 aromatic carbocycles. The van der Waals surface area contributed by atoms with Crippen molar-refractivity contribution in [2.75, 3.05) is 6.61 Å². The third-order valence-electron chi connectivity index (χ3n) is 3.24. The molecule has 0 aromatic rings. The molecular weight excluding hydrogens is 176 g/mol. The first-order chi connectivity index (χ1) is 6.29. The molecule has 0 spiro atoms. The highest BCUT2D eigenvalue weighted by atomic mass is 16.6. The maximum Gasteiger partial charge on any atom is 0.128 e. The quantitative estimate of drug-likeness (QED) is 0.632. The van der Waals surface area contributed by atoms with Gasteiger partial charge >= 0.3 is 0 Å². The topological polar surface area (TPSA) is 18.5 Å². The van der Waals surface area contributed by atoms with E-state index in [2.05, 4.69) is 13.2 Å². The SMILES string of the molecule is C=CC1(C=C)COC(C)(C)C(C)(C)O1. The molecule has 1 rings (SSSR count). The molecule has 1 heterocycles. The molecule has 0 atom stereocenters. The minimum absolute atomic E-state index is 0.289. The average molecular weight is 196 g/mol. The van der Waals surface area contributed by atoms with Crippen LogP contribution in [0.15, 0.2) is 25.3 Å². The molecule has 0 saturated carbocycles. The standard InChI is InChI=1S/C12H20O2/c1-7-12(8-2)9-13-10(3,4)11(5,6)14-12/h7-8H,1-2,9H2,3-6H3. The van der Waals surface area contributed by atoms with Crippen LogP contribution in [0.4, 0.5) is 0 Å². The lowest BCUT2D eigenvalue weighted by molar-refractivity contribution is -0.274. The fraction of sp³-hybridized carbons (Fsp3) is 0.667. The first kappa shape index (κ1) is 11.5. The van der Waals surface area contributed by atoms with Gasteiger partial charge in [0.1, 0.15) is 5.60 Å². The molecule has 1 aliphatic rings. The van der Waals surface area contributed by atoms with Gasteiger partial charge in [0, 0.05) is 0 Å². The molecule has 1 fully saturated rings. The van der Waals surface area contributed by atoms with Crippen molar-refractivity contribution in [2.24, 2.45) is 0 Å². The Balaban J connectivity index is 2.97. The van der Waals surface area contributed by atoms with Crippen molar-refractivity contribution in [2.45, 2.75) is 44.5 Å². The van der Waals surface area contributed by atoms with Crippen LogP contribution in [0, 0.1) is 0 Å². The van der Waals surface area contributed by atoms with Gasteiger partial charge in [-0.3, -0.25) is 0 Å². The van der Waals surface area contributed by atoms with Crippen LogP contribution in [0.1, 0.15) is 27.7 Å². The van der Waals surface area contributed by atoms with Crippen molar-refractivity contribution >= 4 is 0 Å². The molecule has 1 saturated heterocycles. The summed E-state index contributed by atoms with van der Waals surface area (Å²) in [5, 5.41) is 0. The number of rotatable bonds is 2. The van der Waals surface area contributed by atoms with E-state index in [-0.39, 0.29) is 11.2 Å². The summed E-state index contributed by atoms with van der Waals surface area (Å²) < 4.78 is 11.8. The summed E-state index contributed by atoms with van der Waals surface area (Å²) in [4.78, 5) is 0. The maximum atomic E-state index is 6.01. The molecule has 0 aliphatic carbocycles. The Bertz CT molecular complexity index is 243. The zero-order chi connectivity index (χ0) is 11.0. The summed E-state index contributed by atoms with van der Waals surface area (Å²) in [5.41, 5.74) is -1.19. The fourth-order valence-electron chi connectivity index (χ4n) is 1.38. The first-order valence-electron chi connectivity index (χ1n) is 4.90. The van der Waals surface area contributed by atoms with E-state index in [0.717, 1.165) is 0 Å². The van der Waals surface area contributed by atoms with Gasteiger partial charge in [0.2, 0.25) is 0 Å². The van der Waals surface area contributed by atoms with Crippen molar-refractivity contribution in [3.63, 3.8) is 0 Å². The van der Waals surface area contributed by atoms with Gasteiger partial charge < -0.3 is 9.47 Å². The minimum atomic E-state index is -0.543. The summed E-state index contributed by atoms with van der Waals surface area (Å²) in [6, 6.07) is 0. The predicted octanol–water partition coefficient (Wildman–Crippen LogP) is 2.70. The molecule has 2 nitrogen and oxygen atoms in total. The second kappa shape index (κ2) is 3.21. The molecule has 1 aliphatic heterocycles. The first-order valence-corrected chi connectivity index (χ1v) is 4.90. The fourth-order valence-corrected chi connectivity index (χ4v) is 1.38. The lowest BCUT2D eigenvalue weighted by atomic mass is 9.85. The van der Waals surface area contributed by atoms with E-state index < -0.39 is 5.60 Å². The lowest BCUT2D eigenvalue weighted by Crippen LogP contribution is -2.60. The summed E-state index contributed by atoms with van der Waals surface area (Å²) in [5.74, 6) is 0. The second-order valence-corrected chi connectivity index (χ2v) is 4.77. The zero-order valence-electron chi connectivity index (χ0n) is 9.59. The van der Waals surface area contributed by atoms with Crippen LogP contribution >= 0.6 is 0 Å². The van der Waals surface area contributed by atoms with Gasteiger partial charge in [0.05, 0.1) is 17.8 Å². The van der Waals surface area contributed by atoms with E-state index in [1.54, 1.807) is 12.2 Å². The van der Waals surface area contributed by atoms with Crippen LogP contribution < -0.4 is 0 Å². The van der Waals surface area contributed by atoms with E-state index in [1.807, 2.05) is 27.7 Å². The Hall–Kier alpha value is -0.600. The second-order valence-electron chi connectivity index (χ2n) is 4.77. The predicted molar refractivity (Wildman–Crippen MR) is 58.3 cm³/mol. The Morgan fingerprint density at radius 2 is 1.50 bits per heavy atom. The van der Waals surface area contributed by atoms with E-state index in [0.29, 0.717) is 6.61 Å². The summed E-state index contributed by atoms with van der Waals surface area (Å²) >= 11 is 0. The summed E-state index contributed by atoms with van der Waals surface area (Å²) in [6.45, 7) is 16.1. The molecule has 0 bridgehead atoms. The third-order valence-corrected chi connectivity index (χ3v) is 3.24. The van der Waals surface area contributed by atoms with Crippen molar-refractivity contribution < 1.29 is 9.47 Å². The lowest BCUT2D eigenvalue weighted by Gasteiger charge is -2.51. The maximum absolute atomic E-state index is 6.01. The van der Waals surface area contributed by atoms with Gasteiger partial charge in [0.15, 0.2) is 0 Å². The van der Waals surface area contributed by atoms with Crippen molar-refractivity contribution in [3.8, 4) is 0 Å². The van der Waals surface area contributed by atoms with E-state index in [9.17, 15) is 0 Å². The van der Waals surface area contributed by atoms with E-state index in [4.69, 9.17) is 9.47 Å². The normalized spacial score (nSPS) is 28.0. The Morgan fingerprint density at radius 3 is 1.86 bits per heavy atom. The van der Waals surface area contributed by atoms with Crippen LogP contribution in [0.25, 0.3) is 0 Å². The Kier molecular flexibility index (Phi) is 2.63. The highest BCUT2D eigenvalue weighted by Crippen LogP contribution is 2.39. The molecule has 0 N–H and O–H groups in total. The highest BCUT2D eigenvalue weighted by molar-refractivity contribution is 5.14. The van der Waals surface area contributed by atoms with Crippen LogP contribution in [0.3, 0.4) is 0 Å². The Labute approximate surface area is 86.6 Å². The van der Waals surface area contributed by atoms with Gasteiger partial charge in [-0.1, -0.05) is 25.3 Å². The molecular formula is C12H20O2. The number of hydrogen-bond acceptors (Lipinski definition) is 2. The van der Waals surface area contributed by atoms with Gasteiger partial charge in [-0.15, -0.1) is 0 Å². The smallest absolute Gasteiger partial charge is 0.128 e. The molecule has 0 unspecified atom stereocenters. The zero-order valence-corrected chi connectivity index (χ0v) is 9.59. The Morgan fingerprint density at radius 1 is 1.00 bits per heavy atom. The van der Waals surface area contributed by atoms with E-state index >= 15 is 0 Å². The van der Waals surface area contributed by atoms with Crippen LogP contribution in [0.2, 0.25) is 0 Å². The van der Waals surface area contributed by atoms with Crippen LogP contribution in [0.5, 0.6) is 0 Å². The highest BCUT2D eigenvalue weighted by Gasteiger charge is 2.49. The van der Waals surface area contributed by atoms with Gasteiger partial charge in [-0.2, -0.15) is 0 Å². The largest absolute Gasteiger partial charge is 0.369 e. The molecule has 80 valence electrons. The average Bonchev–Trinajstić information content (AvgIpc) is 2.10. The molecule has 2 heteroatoms. The number of hydrogen-bond donors (Lipinski definition) is 0. The monoisotopic (exact) mass is 196 g/mol. The molecule has 0 aromatic heterocycles. The van der Waals surface area contributed by atoms with Gasteiger partial charge in [-0.05, 0) is 27.7 Å². The summed E-state index contributed by atoms with van der Waals surface area (Å²) in [6.07, 6.45) is 3.49. The molecule has 0 amide bonds. The van der Waals surface area contributed by atoms with E-state index in [1.165, 1.54) is 0 Å². The molecule has 0 radical (unpaired) electrons. The number of ether oxygens (including phenoxy) is 2. The van der Waals surface area contributed by atoms with Crippen LogP contribution in [-0.4, -0.2) is 23.4 Å². The van der Waals surface area contributed by atoms with Crippen molar-refractivity contribution in [1.82, 2.24) is 0 Å². The molecule has 14 heavy (non-hydrogen) atoms. The van der Waals surface area contributed by atoms with Gasteiger partial charge in [0.25, 0.3) is 0 Å². The van der Waals surface area contributed by atoms with Gasteiger partial charge in [-0.25, -0.2) is 0 Å². The van der Waals surface area contributed by atoms with Crippen molar-refractivity contribution in [3.05, 3.63) is 25.3 Å². The summed E-state index contributed by atoms with van der Waals surface area (Å²) in [7, 11) is 0. The third kappa shape index (κ3) is 1.64. The van der Waals surface area contributed by atoms with Crippen LogP contribution in [-0.2, 0) is 9.47 Å². The van der Waals surface area contributed by atoms with Crippen molar-refractivity contribution in [1.29, 1.82) is 0 Å². The minimum Gasteiger partial charge on any atom is -0.369 e.